The predicted octanol–water partition coefficient (Wildman–Crippen LogP) is 0.954. The van der Waals surface area contributed by atoms with Crippen molar-refractivity contribution in [2.24, 2.45) is 5.92 Å². The lowest BCUT2D eigenvalue weighted by Crippen LogP contribution is -2.43. The molecule has 3 aliphatic rings. The van der Waals surface area contributed by atoms with E-state index in [0.29, 0.717) is 49.5 Å². The van der Waals surface area contributed by atoms with E-state index in [4.69, 9.17) is 9.47 Å². The molecule has 188 valence electrons. The number of sulfonamides is 1. The maximum absolute atomic E-state index is 13.3. The van der Waals surface area contributed by atoms with Crippen molar-refractivity contribution in [1.29, 1.82) is 0 Å². The molecular weight excluding hydrogens is 460 g/mol. The van der Waals surface area contributed by atoms with Crippen molar-refractivity contribution in [2.45, 2.75) is 44.1 Å². The Morgan fingerprint density at radius 3 is 2.59 bits per heavy atom. The van der Waals surface area contributed by atoms with E-state index < -0.39 is 16.1 Å². The number of nitrogens with zero attached hydrogens (tertiary/aromatic N) is 2. The van der Waals surface area contributed by atoms with Gasteiger partial charge in [0.2, 0.25) is 15.9 Å². The number of amides is 2. The zero-order chi connectivity index (χ0) is 24.3. The number of fused-ring (bicyclic) bond motifs is 1. The van der Waals surface area contributed by atoms with Gasteiger partial charge in [-0.1, -0.05) is 0 Å². The average Bonchev–Trinajstić information content (AvgIpc) is 2.83. The first kappa shape index (κ1) is 24.9. The Bertz CT molecular complexity index is 1020. The number of morpholine rings is 1. The Morgan fingerprint density at radius 1 is 1.18 bits per heavy atom. The van der Waals surface area contributed by atoms with Crippen molar-refractivity contribution >= 4 is 27.5 Å². The Hall–Kier alpha value is -2.21. The summed E-state index contributed by atoms with van der Waals surface area (Å²) in [4.78, 5) is 26.9. The molecule has 0 spiro atoms. The van der Waals surface area contributed by atoms with Gasteiger partial charge < -0.3 is 20.1 Å². The van der Waals surface area contributed by atoms with Crippen molar-refractivity contribution in [3.63, 3.8) is 0 Å². The van der Waals surface area contributed by atoms with Crippen molar-refractivity contribution < 1.29 is 27.5 Å². The highest BCUT2D eigenvalue weighted by molar-refractivity contribution is 7.89. The van der Waals surface area contributed by atoms with Gasteiger partial charge in [-0.25, -0.2) is 8.42 Å². The minimum Gasteiger partial charge on any atom is -0.479 e. The first-order valence-corrected chi connectivity index (χ1v) is 13.4. The Labute approximate surface area is 201 Å². The van der Waals surface area contributed by atoms with E-state index in [-0.39, 0.29) is 22.6 Å². The van der Waals surface area contributed by atoms with Gasteiger partial charge in [-0.05, 0) is 51.3 Å². The highest BCUT2D eigenvalue weighted by atomic mass is 32.2. The zero-order valence-electron chi connectivity index (χ0n) is 19.8. The summed E-state index contributed by atoms with van der Waals surface area (Å²) in [6.07, 6.45) is 1.18. The number of rotatable bonds is 7. The number of hydrogen-bond donors (Lipinski definition) is 2. The van der Waals surface area contributed by atoms with Crippen LogP contribution in [0.5, 0.6) is 5.75 Å². The van der Waals surface area contributed by atoms with E-state index in [9.17, 15) is 18.0 Å². The van der Waals surface area contributed by atoms with Gasteiger partial charge in [0.1, 0.15) is 5.75 Å². The van der Waals surface area contributed by atoms with Gasteiger partial charge in [-0.15, -0.1) is 0 Å². The fourth-order valence-corrected chi connectivity index (χ4v) is 6.29. The molecule has 0 saturated carbocycles. The number of benzene rings is 1. The lowest BCUT2D eigenvalue weighted by Gasteiger charge is -2.31. The van der Waals surface area contributed by atoms with Crippen molar-refractivity contribution in [2.75, 3.05) is 57.8 Å². The molecule has 2 N–H and O–H groups in total. The lowest BCUT2D eigenvalue weighted by molar-refractivity contribution is -0.126. The van der Waals surface area contributed by atoms with Crippen LogP contribution in [0.2, 0.25) is 0 Å². The Balaban J connectivity index is 1.30. The van der Waals surface area contributed by atoms with E-state index >= 15 is 0 Å². The summed E-state index contributed by atoms with van der Waals surface area (Å²) < 4.78 is 39.1. The second-order valence-electron chi connectivity index (χ2n) is 9.14. The van der Waals surface area contributed by atoms with Gasteiger partial charge in [-0.3, -0.25) is 14.5 Å². The summed E-state index contributed by atoms with van der Waals surface area (Å²) in [5.74, 6) is -0.0902. The van der Waals surface area contributed by atoms with Crippen LogP contribution >= 0.6 is 0 Å². The molecule has 1 aromatic carbocycles. The van der Waals surface area contributed by atoms with E-state index in [1.807, 2.05) is 0 Å². The molecule has 1 atom stereocenters. The van der Waals surface area contributed by atoms with Crippen molar-refractivity contribution in [3.8, 4) is 5.75 Å². The maximum atomic E-state index is 13.3. The fourth-order valence-electron chi connectivity index (χ4n) is 4.60. The van der Waals surface area contributed by atoms with Crippen LogP contribution in [-0.4, -0.2) is 88.0 Å². The summed E-state index contributed by atoms with van der Waals surface area (Å²) in [5.41, 5.74) is 1.01. The van der Waals surface area contributed by atoms with Gasteiger partial charge in [-0.2, -0.15) is 4.31 Å². The van der Waals surface area contributed by atoms with E-state index in [0.717, 1.165) is 39.3 Å². The van der Waals surface area contributed by atoms with Crippen LogP contribution in [-0.2, 0) is 24.3 Å². The largest absolute Gasteiger partial charge is 0.479 e. The van der Waals surface area contributed by atoms with Gasteiger partial charge in [0.05, 0.1) is 23.8 Å². The number of hydrogen-bond acceptors (Lipinski definition) is 7. The molecule has 0 radical (unpaired) electrons. The molecule has 3 aliphatic heterocycles. The molecule has 0 bridgehead atoms. The van der Waals surface area contributed by atoms with Crippen LogP contribution in [0.25, 0.3) is 0 Å². The molecule has 4 rings (SSSR count). The van der Waals surface area contributed by atoms with E-state index in [2.05, 4.69) is 15.5 Å². The van der Waals surface area contributed by atoms with Crippen molar-refractivity contribution in [1.82, 2.24) is 14.5 Å². The predicted molar refractivity (Wildman–Crippen MR) is 126 cm³/mol. The van der Waals surface area contributed by atoms with Gasteiger partial charge in [0.15, 0.2) is 6.10 Å². The van der Waals surface area contributed by atoms with Gasteiger partial charge in [0.25, 0.3) is 5.91 Å². The molecule has 2 amide bonds. The molecule has 0 unspecified atom stereocenters. The summed E-state index contributed by atoms with van der Waals surface area (Å²) in [6.45, 7) is 8.86. The summed E-state index contributed by atoms with van der Waals surface area (Å²) in [7, 11) is -3.75. The smallest absolute Gasteiger partial charge is 0.265 e. The highest BCUT2D eigenvalue weighted by Gasteiger charge is 2.34. The fraction of sp³-hybridized carbons (Fsp3) is 0.652. The number of carbonyl (C=O) groups is 2. The molecule has 0 aliphatic carbocycles. The molecule has 1 aromatic rings. The summed E-state index contributed by atoms with van der Waals surface area (Å²) in [6, 6.07) is 3.12. The van der Waals surface area contributed by atoms with E-state index in [1.54, 1.807) is 19.9 Å². The third-order valence-corrected chi connectivity index (χ3v) is 8.75. The minimum atomic E-state index is -3.75. The number of ether oxygens (including phenoxy) is 2. The number of piperidine rings is 1. The van der Waals surface area contributed by atoms with Crippen LogP contribution < -0.4 is 15.4 Å². The second kappa shape index (κ2) is 10.6. The van der Waals surface area contributed by atoms with Crippen LogP contribution in [0.15, 0.2) is 17.0 Å². The van der Waals surface area contributed by atoms with Crippen LogP contribution in [0.1, 0.15) is 31.7 Å². The van der Waals surface area contributed by atoms with Gasteiger partial charge >= 0.3 is 0 Å². The van der Waals surface area contributed by atoms with Crippen LogP contribution in [0, 0.1) is 12.8 Å². The molecule has 10 nitrogen and oxygen atoms in total. The minimum absolute atomic E-state index is 0.00196. The monoisotopic (exact) mass is 494 g/mol. The van der Waals surface area contributed by atoms with E-state index in [1.165, 1.54) is 10.4 Å². The lowest BCUT2D eigenvalue weighted by atomic mass is 9.97. The SMILES string of the molecule is Cc1cc2c(cc1S(=O)(=O)N1CCC(C(=O)NCCCN3CCOCC3)CC1)O[C@@H](C)C(=O)N2. The Kier molecular flexibility index (Phi) is 7.76. The summed E-state index contributed by atoms with van der Waals surface area (Å²) in [5, 5.41) is 5.75. The normalized spacial score (nSPS) is 22.5. The number of aryl methyl sites for hydroxylation is 1. The number of nitrogens with one attached hydrogen (secondary N) is 2. The summed E-state index contributed by atoms with van der Waals surface area (Å²) >= 11 is 0. The molecule has 2 saturated heterocycles. The third-order valence-electron chi connectivity index (χ3n) is 6.70. The maximum Gasteiger partial charge on any atom is 0.265 e. The number of anilines is 1. The van der Waals surface area contributed by atoms with Crippen molar-refractivity contribution in [3.05, 3.63) is 17.7 Å². The first-order chi connectivity index (χ1) is 16.3. The Morgan fingerprint density at radius 2 is 1.88 bits per heavy atom. The first-order valence-electron chi connectivity index (χ1n) is 12.0. The molecule has 11 heteroatoms. The van der Waals surface area contributed by atoms with Gasteiger partial charge in [0, 0.05) is 44.7 Å². The standard InChI is InChI=1S/C23H34N4O6S/c1-16-14-19-20(33-17(2)22(28)25-19)15-21(16)34(30,31)27-8-4-18(5-9-27)23(29)24-6-3-7-26-10-12-32-13-11-26/h14-15,17-18H,3-13H2,1-2H3,(H,24,29)(H,25,28)/t17-/m0/s1. The molecule has 0 aromatic heterocycles. The zero-order valence-corrected chi connectivity index (χ0v) is 20.7. The third kappa shape index (κ3) is 5.54. The average molecular weight is 495 g/mol. The molecule has 34 heavy (non-hydrogen) atoms. The molecule has 2 fully saturated rings. The molecule has 3 heterocycles. The molecular formula is C23H34N4O6S. The van der Waals surface area contributed by atoms with Crippen LogP contribution in [0.3, 0.4) is 0 Å². The second-order valence-corrected chi connectivity index (χ2v) is 11.0. The highest BCUT2D eigenvalue weighted by Crippen LogP contribution is 2.36. The quantitative estimate of drug-likeness (QED) is 0.542. The number of carbonyl (C=O) groups excluding carboxylic acids is 2. The van der Waals surface area contributed by atoms with Crippen LogP contribution in [0.4, 0.5) is 5.69 Å². The topological polar surface area (TPSA) is 117 Å².